The number of benzene rings is 1. The molecule has 0 radical (unpaired) electrons. The molecule has 0 fully saturated rings. The van der Waals surface area contributed by atoms with Gasteiger partial charge in [0.15, 0.2) is 0 Å². The van der Waals surface area contributed by atoms with Crippen molar-refractivity contribution in [3.05, 3.63) is 29.8 Å². The van der Waals surface area contributed by atoms with Gasteiger partial charge >= 0.3 is 6.03 Å². The van der Waals surface area contributed by atoms with Crippen LogP contribution in [0.1, 0.15) is 38.7 Å². The molecule has 0 aliphatic rings. The largest absolute Gasteiger partial charge is 0.508 e. The van der Waals surface area contributed by atoms with Crippen LogP contribution >= 0.6 is 0 Å². The maximum Gasteiger partial charge on any atom is 0.315 e. The van der Waals surface area contributed by atoms with E-state index in [4.69, 9.17) is 5.11 Å². The number of phenolic OH excluding ortho intramolecular Hbond substituents is 1. The Morgan fingerprint density at radius 1 is 1.29 bits per heavy atom. The first-order chi connectivity index (χ1) is 9.99. The van der Waals surface area contributed by atoms with Crippen LogP contribution in [0.25, 0.3) is 0 Å². The SMILES string of the molecule is CCC(C)(CCO)NC(=O)NCCCc1ccc(O)cc1. The predicted octanol–water partition coefficient (Wildman–Crippen LogP) is 2.18. The molecule has 0 saturated carbocycles. The number of amides is 2. The summed E-state index contributed by atoms with van der Waals surface area (Å²) in [6.45, 7) is 4.57. The molecule has 0 bridgehead atoms. The van der Waals surface area contributed by atoms with E-state index in [1.54, 1.807) is 12.1 Å². The van der Waals surface area contributed by atoms with E-state index in [-0.39, 0.29) is 23.9 Å². The summed E-state index contributed by atoms with van der Waals surface area (Å²) in [5, 5.41) is 23.9. The van der Waals surface area contributed by atoms with E-state index in [1.807, 2.05) is 26.0 Å². The first kappa shape index (κ1) is 17.3. The average Bonchev–Trinajstić information content (AvgIpc) is 2.45. The fraction of sp³-hybridized carbons (Fsp3) is 0.562. The summed E-state index contributed by atoms with van der Waals surface area (Å²) in [6, 6.07) is 6.89. The quantitative estimate of drug-likeness (QED) is 0.555. The van der Waals surface area contributed by atoms with E-state index in [1.165, 1.54) is 0 Å². The molecule has 5 nitrogen and oxygen atoms in total. The molecule has 21 heavy (non-hydrogen) atoms. The van der Waals surface area contributed by atoms with Gasteiger partial charge in [-0.3, -0.25) is 0 Å². The topological polar surface area (TPSA) is 81.6 Å². The lowest BCUT2D eigenvalue weighted by atomic mass is 9.95. The Bertz CT molecular complexity index is 434. The molecule has 0 aliphatic heterocycles. The Labute approximate surface area is 126 Å². The molecule has 0 saturated heterocycles. The van der Waals surface area contributed by atoms with Gasteiger partial charge in [0.05, 0.1) is 0 Å². The van der Waals surface area contributed by atoms with Crippen molar-refractivity contribution in [2.24, 2.45) is 0 Å². The summed E-state index contributed by atoms with van der Waals surface area (Å²) in [4.78, 5) is 11.8. The zero-order valence-electron chi connectivity index (χ0n) is 12.9. The van der Waals surface area contributed by atoms with E-state index >= 15 is 0 Å². The van der Waals surface area contributed by atoms with Gasteiger partial charge in [0.25, 0.3) is 0 Å². The van der Waals surface area contributed by atoms with Gasteiger partial charge in [-0.15, -0.1) is 0 Å². The minimum absolute atomic E-state index is 0.0610. The first-order valence-corrected chi connectivity index (χ1v) is 7.44. The molecule has 2 amide bonds. The number of nitrogens with one attached hydrogen (secondary N) is 2. The number of aliphatic hydroxyl groups excluding tert-OH is 1. The summed E-state index contributed by atoms with van der Waals surface area (Å²) >= 11 is 0. The molecule has 0 heterocycles. The van der Waals surface area contributed by atoms with Gasteiger partial charge in [-0.2, -0.15) is 0 Å². The Balaban J connectivity index is 2.25. The highest BCUT2D eigenvalue weighted by Crippen LogP contribution is 2.13. The lowest BCUT2D eigenvalue weighted by molar-refractivity contribution is 0.201. The van der Waals surface area contributed by atoms with Gasteiger partial charge in [-0.05, 0) is 50.3 Å². The lowest BCUT2D eigenvalue weighted by Gasteiger charge is -2.29. The molecule has 0 aromatic heterocycles. The van der Waals surface area contributed by atoms with Crippen molar-refractivity contribution in [3.8, 4) is 5.75 Å². The van der Waals surface area contributed by atoms with Crippen molar-refractivity contribution < 1.29 is 15.0 Å². The van der Waals surface area contributed by atoms with E-state index in [0.29, 0.717) is 13.0 Å². The Kier molecular flexibility index (Phi) is 7.02. The fourth-order valence-electron chi connectivity index (χ4n) is 2.05. The van der Waals surface area contributed by atoms with Crippen molar-refractivity contribution >= 4 is 6.03 Å². The second kappa shape index (κ2) is 8.52. The van der Waals surface area contributed by atoms with Gasteiger partial charge in [-0.1, -0.05) is 19.1 Å². The third-order valence-electron chi connectivity index (χ3n) is 3.72. The molecule has 1 rings (SSSR count). The Morgan fingerprint density at radius 3 is 2.52 bits per heavy atom. The molecule has 1 aromatic rings. The number of phenols is 1. The van der Waals surface area contributed by atoms with E-state index in [0.717, 1.165) is 24.8 Å². The Morgan fingerprint density at radius 2 is 1.95 bits per heavy atom. The van der Waals surface area contributed by atoms with Gasteiger partial charge in [-0.25, -0.2) is 4.79 Å². The smallest absolute Gasteiger partial charge is 0.315 e. The second-order valence-corrected chi connectivity index (χ2v) is 5.54. The molecule has 0 aliphatic carbocycles. The number of aryl methyl sites for hydroxylation is 1. The van der Waals surface area contributed by atoms with E-state index < -0.39 is 0 Å². The number of carbonyl (C=O) groups excluding carboxylic acids is 1. The van der Waals surface area contributed by atoms with Crippen LogP contribution in [-0.2, 0) is 6.42 Å². The average molecular weight is 294 g/mol. The molecular formula is C16H26N2O3. The van der Waals surface area contributed by atoms with Gasteiger partial charge in [0, 0.05) is 18.7 Å². The zero-order valence-corrected chi connectivity index (χ0v) is 12.9. The maximum atomic E-state index is 11.8. The first-order valence-electron chi connectivity index (χ1n) is 7.44. The number of aliphatic hydroxyl groups is 1. The van der Waals surface area contributed by atoms with E-state index in [2.05, 4.69) is 10.6 Å². The minimum atomic E-state index is -0.365. The molecule has 1 atom stereocenters. The monoisotopic (exact) mass is 294 g/mol. The summed E-state index contributed by atoms with van der Waals surface area (Å²) in [5.74, 6) is 0.263. The number of carbonyl (C=O) groups is 1. The van der Waals surface area contributed by atoms with Gasteiger partial charge in [0.2, 0.25) is 0 Å². The second-order valence-electron chi connectivity index (χ2n) is 5.54. The van der Waals surface area contributed by atoms with Crippen molar-refractivity contribution in [1.82, 2.24) is 10.6 Å². The van der Waals surface area contributed by atoms with Crippen LogP contribution in [-0.4, -0.2) is 34.9 Å². The number of hydrogen-bond donors (Lipinski definition) is 4. The lowest BCUT2D eigenvalue weighted by Crippen LogP contribution is -2.50. The minimum Gasteiger partial charge on any atom is -0.508 e. The highest BCUT2D eigenvalue weighted by Gasteiger charge is 2.23. The molecule has 0 spiro atoms. The number of aromatic hydroxyl groups is 1. The van der Waals surface area contributed by atoms with Crippen molar-refractivity contribution in [2.75, 3.05) is 13.2 Å². The number of hydrogen-bond acceptors (Lipinski definition) is 3. The van der Waals surface area contributed by atoms with Crippen molar-refractivity contribution in [2.45, 2.75) is 45.1 Å². The standard InChI is InChI=1S/C16H26N2O3/c1-3-16(2,10-12-19)18-15(21)17-11-4-5-13-6-8-14(20)9-7-13/h6-9,19-20H,3-5,10-12H2,1-2H3,(H2,17,18,21). The molecule has 4 N–H and O–H groups in total. The van der Waals surface area contributed by atoms with Crippen molar-refractivity contribution in [1.29, 1.82) is 0 Å². The highest BCUT2D eigenvalue weighted by molar-refractivity contribution is 5.74. The summed E-state index contributed by atoms with van der Waals surface area (Å²) in [7, 11) is 0. The summed E-state index contributed by atoms with van der Waals surface area (Å²) < 4.78 is 0. The van der Waals surface area contributed by atoms with Crippen LogP contribution in [0.3, 0.4) is 0 Å². The molecule has 1 unspecified atom stereocenters. The third kappa shape index (κ3) is 6.49. The number of urea groups is 1. The van der Waals surface area contributed by atoms with Crippen LogP contribution < -0.4 is 10.6 Å². The molecular weight excluding hydrogens is 268 g/mol. The van der Waals surface area contributed by atoms with Crippen LogP contribution in [0.15, 0.2) is 24.3 Å². The molecule has 1 aromatic carbocycles. The summed E-state index contributed by atoms with van der Waals surface area (Å²) in [5.41, 5.74) is 0.768. The number of rotatable bonds is 8. The predicted molar refractivity (Wildman–Crippen MR) is 83.4 cm³/mol. The fourth-order valence-corrected chi connectivity index (χ4v) is 2.05. The third-order valence-corrected chi connectivity index (χ3v) is 3.72. The maximum absolute atomic E-state index is 11.8. The highest BCUT2D eigenvalue weighted by atomic mass is 16.3. The molecule has 118 valence electrons. The van der Waals surface area contributed by atoms with Crippen LogP contribution in [0.4, 0.5) is 4.79 Å². The van der Waals surface area contributed by atoms with Gasteiger partial charge < -0.3 is 20.8 Å². The van der Waals surface area contributed by atoms with Crippen molar-refractivity contribution in [3.63, 3.8) is 0 Å². The zero-order chi connectivity index (χ0) is 15.7. The summed E-state index contributed by atoms with van der Waals surface area (Å²) in [6.07, 6.45) is 3.00. The Hall–Kier alpha value is -1.75. The van der Waals surface area contributed by atoms with Crippen LogP contribution in [0, 0.1) is 0 Å². The van der Waals surface area contributed by atoms with Gasteiger partial charge in [0.1, 0.15) is 5.75 Å². The molecule has 5 heteroatoms. The normalized spacial score (nSPS) is 13.5. The van der Waals surface area contributed by atoms with E-state index in [9.17, 15) is 9.90 Å². The van der Waals surface area contributed by atoms with Crippen LogP contribution in [0.5, 0.6) is 5.75 Å². The van der Waals surface area contributed by atoms with Crippen LogP contribution in [0.2, 0.25) is 0 Å².